The highest BCUT2D eigenvalue weighted by molar-refractivity contribution is 5.98. The van der Waals surface area contributed by atoms with E-state index in [9.17, 15) is 9.59 Å². The van der Waals surface area contributed by atoms with E-state index in [0.717, 1.165) is 5.69 Å². The summed E-state index contributed by atoms with van der Waals surface area (Å²) >= 11 is 0. The lowest BCUT2D eigenvalue weighted by molar-refractivity contribution is 0.0517. The number of carbonyl (C=O) groups excluding carboxylic acids is 2. The molecule has 8 heteroatoms. The van der Waals surface area contributed by atoms with Crippen LogP contribution >= 0.6 is 12.4 Å². The minimum absolute atomic E-state index is 0. The van der Waals surface area contributed by atoms with E-state index in [2.05, 4.69) is 15.3 Å². The van der Waals surface area contributed by atoms with Crippen molar-refractivity contribution in [3.05, 3.63) is 52.6 Å². The van der Waals surface area contributed by atoms with Crippen molar-refractivity contribution in [1.82, 2.24) is 15.3 Å². The van der Waals surface area contributed by atoms with Gasteiger partial charge in [-0.2, -0.15) is 0 Å². The zero-order chi connectivity index (χ0) is 18.2. The molecule has 2 aromatic heterocycles. The van der Waals surface area contributed by atoms with Gasteiger partial charge < -0.3 is 19.8 Å². The summed E-state index contributed by atoms with van der Waals surface area (Å²) in [7, 11) is 0. The zero-order valence-electron chi connectivity index (χ0n) is 15.1. The second-order valence-electron chi connectivity index (χ2n) is 5.34. The highest BCUT2D eigenvalue weighted by Crippen LogP contribution is 2.21. The standard InChI is InChI=1S/C18H23N3O4.ClH/c1-4-24-17(22)15-12(3)16(18(23)25-5-2)21-14(15)11-19-10-13-8-6-7-9-20-13;/h6-9,19,21H,4-5,10-11H2,1-3H3;1H. The van der Waals surface area contributed by atoms with Crippen molar-refractivity contribution in [1.29, 1.82) is 0 Å². The largest absolute Gasteiger partial charge is 0.462 e. The third-order valence-electron chi connectivity index (χ3n) is 3.62. The highest BCUT2D eigenvalue weighted by atomic mass is 35.5. The smallest absolute Gasteiger partial charge is 0.355 e. The van der Waals surface area contributed by atoms with Crippen molar-refractivity contribution < 1.29 is 19.1 Å². The highest BCUT2D eigenvalue weighted by Gasteiger charge is 2.25. The number of aromatic amines is 1. The number of hydrogen-bond acceptors (Lipinski definition) is 6. The van der Waals surface area contributed by atoms with Gasteiger partial charge in [-0.3, -0.25) is 4.98 Å². The average molecular weight is 382 g/mol. The zero-order valence-corrected chi connectivity index (χ0v) is 15.9. The third-order valence-corrected chi connectivity index (χ3v) is 3.62. The Morgan fingerprint density at radius 3 is 2.42 bits per heavy atom. The Morgan fingerprint density at radius 2 is 1.81 bits per heavy atom. The van der Waals surface area contributed by atoms with E-state index in [4.69, 9.17) is 9.47 Å². The van der Waals surface area contributed by atoms with E-state index in [1.807, 2.05) is 18.2 Å². The fourth-order valence-electron chi connectivity index (χ4n) is 2.50. The second kappa shape index (κ2) is 10.6. The number of halogens is 1. The molecule has 7 nitrogen and oxygen atoms in total. The predicted octanol–water partition coefficient (Wildman–Crippen LogP) is 2.78. The number of nitrogens with one attached hydrogen (secondary N) is 2. The molecule has 26 heavy (non-hydrogen) atoms. The van der Waals surface area contributed by atoms with E-state index in [-0.39, 0.29) is 31.3 Å². The Labute approximate surface area is 158 Å². The second-order valence-corrected chi connectivity index (χ2v) is 5.34. The van der Waals surface area contributed by atoms with Crippen LogP contribution in [-0.2, 0) is 22.6 Å². The Morgan fingerprint density at radius 1 is 1.12 bits per heavy atom. The van der Waals surface area contributed by atoms with Crippen LogP contribution in [0.1, 0.15) is 51.6 Å². The van der Waals surface area contributed by atoms with Crippen molar-refractivity contribution >= 4 is 24.3 Å². The van der Waals surface area contributed by atoms with Gasteiger partial charge in [0.25, 0.3) is 0 Å². The number of pyridine rings is 1. The number of H-pyrrole nitrogens is 1. The van der Waals surface area contributed by atoms with Gasteiger partial charge in [0.05, 0.1) is 24.5 Å². The van der Waals surface area contributed by atoms with E-state index >= 15 is 0 Å². The molecule has 0 aliphatic heterocycles. The van der Waals surface area contributed by atoms with Crippen LogP contribution in [0.15, 0.2) is 24.4 Å². The molecule has 0 saturated carbocycles. The normalized spacial score (nSPS) is 10.1. The van der Waals surface area contributed by atoms with Gasteiger partial charge in [-0.05, 0) is 38.5 Å². The van der Waals surface area contributed by atoms with E-state index in [1.165, 1.54) is 0 Å². The molecule has 0 radical (unpaired) electrons. The summed E-state index contributed by atoms with van der Waals surface area (Å²) in [5.74, 6) is -0.942. The van der Waals surface area contributed by atoms with Crippen LogP contribution in [0.5, 0.6) is 0 Å². The maximum Gasteiger partial charge on any atom is 0.355 e. The van der Waals surface area contributed by atoms with Gasteiger partial charge in [0, 0.05) is 25.0 Å². The molecule has 0 amide bonds. The van der Waals surface area contributed by atoms with Crippen molar-refractivity contribution in [2.45, 2.75) is 33.9 Å². The Balaban J connectivity index is 0.00000338. The summed E-state index contributed by atoms with van der Waals surface area (Å²) in [6, 6.07) is 5.66. The third kappa shape index (κ3) is 5.31. The first-order chi connectivity index (χ1) is 12.1. The van der Waals surface area contributed by atoms with Crippen LogP contribution in [0.3, 0.4) is 0 Å². The quantitative estimate of drug-likeness (QED) is 0.683. The van der Waals surface area contributed by atoms with Crippen LogP contribution in [0, 0.1) is 6.92 Å². The van der Waals surface area contributed by atoms with E-state index in [1.54, 1.807) is 27.0 Å². The van der Waals surface area contributed by atoms with Crippen molar-refractivity contribution in [3.8, 4) is 0 Å². The lowest BCUT2D eigenvalue weighted by Crippen LogP contribution is -2.17. The first kappa shape index (κ1) is 21.7. The van der Waals surface area contributed by atoms with Crippen LogP contribution in [0.4, 0.5) is 0 Å². The monoisotopic (exact) mass is 381 g/mol. The Hall–Kier alpha value is -2.38. The van der Waals surface area contributed by atoms with Gasteiger partial charge in [0.1, 0.15) is 5.69 Å². The summed E-state index contributed by atoms with van der Waals surface area (Å²) in [5, 5.41) is 3.21. The van der Waals surface area contributed by atoms with E-state index < -0.39 is 11.9 Å². The Bertz CT molecular complexity index is 732. The number of rotatable bonds is 8. The van der Waals surface area contributed by atoms with Gasteiger partial charge >= 0.3 is 11.9 Å². The minimum Gasteiger partial charge on any atom is -0.462 e. The van der Waals surface area contributed by atoms with Gasteiger partial charge in [-0.15, -0.1) is 12.4 Å². The number of ether oxygens (including phenoxy) is 2. The molecule has 2 heterocycles. The molecular weight excluding hydrogens is 358 g/mol. The first-order valence-corrected chi connectivity index (χ1v) is 8.24. The van der Waals surface area contributed by atoms with Gasteiger partial charge in [0.2, 0.25) is 0 Å². The number of nitrogens with zero attached hydrogens (tertiary/aromatic N) is 1. The molecule has 0 fully saturated rings. The van der Waals surface area contributed by atoms with Crippen LogP contribution < -0.4 is 5.32 Å². The molecular formula is C18H24ClN3O4. The maximum atomic E-state index is 12.3. The number of esters is 2. The fraction of sp³-hybridized carbons (Fsp3) is 0.389. The molecule has 2 N–H and O–H groups in total. The molecule has 0 spiro atoms. The first-order valence-electron chi connectivity index (χ1n) is 8.24. The molecule has 2 rings (SSSR count). The summed E-state index contributed by atoms with van der Waals surface area (Å²) in [6.07, 6.45) is 1.72. The molecule has 142 valence electrons. The summed E-state index contributed by atoms with van der Waals surface area (Å²) in [5.41, 5.74) is 2.66. The molecule has 0 aromatic carbocycles. The van der Waals surface area contributed by atoms with Crippen molar-refractivity contribution in [3.63, 3.8) is 0 Å². The molecule has 0 aliphatic rings. The van der Waals surface area contributed by atoms with Gasteiger partial charge in [0.15, 0.2) is 0 Å². The van der Waals surface area contributed by atoms with Crippen molar-refractivity contribution in [2.24, 2.45) is 0 Å². The lowest BCUT2D eigenvalue weighted by Gasteiger charge is -2.07. The molecule has 0 bridgehead atoms. The SMILES string of the molecule is CCOC(=O)c1[nH]c(CNCc2ccccn2)c(C(=O)OCC)c1C.Cl. The fourth-order valence-corrected chi connectivity index (χ4v) is 2.50. The van der Waals surface area contributed by atoms with Gasteiger partial charge in [-0.25, -0.2) is 9.59 Å². The topological polar surface area (TPSA) is 93.3 Å². The minimum atomic E-state index is -0.485. The number of carbonyl (C=O) groups is 2. The van der Waals surface area contributed by atoms with E-state index in [0.29, 0.717) is 29.9 Å². The van der Waals surface area contributed by atoms with Crippen LogP contribution in [0.25, 0.3) is 0 Å². The number of aromatic nitrogens is 2. The molecule has 0 saturated heterocycles. The number of hydrogen-bond donors (Lipinski definition) is 2. The van der Waals surface area contributed by atoms with Gasteiger partial charge in [-0.1, -0.05) is 6.07 Å². The van der Waals surface area contributed by atoms with Crippen LogP contribution in [0.2, 0.25) is 0 Å². The molecule has 0 aliphatic carbocycles. The molecule has 0 unspecified atom stereocenters. The molecule has 2 aromatic rings. The summed E-state index contributed by atoms with van der Waals surface area (Å²) < 4.78 is 10.2. The summed E-state index contributed by atoms with van der Waals surface area (Å²) in [6.45, 7) is 6.61. The van der Waals surface area contributed by atoms with Crippen molar-refractivity contribution in [2.75, 3.05) is 13.2 Å². The maximum absolute atomic E-state index is 12.3. The van der Waals surface area contributed by atoms with Crippen LogP contribution in [-0.4, -0.2) is 35.1 Å². The average Bonchev–Trinajstić information content (AvgIpc) is 2.93. The predicted molar refractivity (Wildman–Crippen MR) is 99.5 cm³/mol. The Kier molecular flexibility index (Phi) is 8.81. The summed E-state index contributed by atoms with van der Waals surface area (Å²) in [4.78, 5) is 31.6. The molecule has 0 atom stereocenters. The lowest BCUT2D eigenvalue weighted by atomic mass is 10.1.